The zero-order valence-electron chi connectivity index (χ0n) is 15.6. The molecule has 0 aliphatic rings. The first-order chi connectivity index (χ1) is 14.0. The van der Waals surface area contributed by atoms with Crippen LogP contribution in [0.1, 0.15) is 16.8 Å². The van der Waals surface area contributed by atoms with Crippen molar-refractivity contribution in [2.24, 2.45) is 0 Å². The van der Waals surface area contributed by atoms with Gasteiger partial charge >= 0.3 is 0 Å². The molecule has 0 unspecified atom stereocenters. The van der Waals surface area contributed by atoms with Crippen molar-refractivity contribution >= 4 is 50.5 Å². The monoisotopic (exact) mass is 489 g/mol. The second-order valence-electron chi connectivity index (χ2n) is 6.57. The van der Waals surface area contributed by atoms with Crippen molar-refractivity contribution in [1.29, 1.82) is 0 Å². The lowest BCUT2D eigenvalue weighted by molar-refractivity contribution is 0.308. The SMILES string of the molecule is Cc1nc2c(OCc3c(Cl)ccc(NCc4ccccc4)c3Cl)cccn2c1Br. The molecule has 29 heavy (non-hydrogen) atoms. The van der Waals surface area contributed by atoms with Crippen molar-refractivity contribution < 1.29 is 4.74 Å². The number of halogens is 3. The molecule has 4 aromatic rings. The van der Waals surface area contributed by atoms with E-state index in [1.165, 1.54) is 5.56 Å². The number of fused-ring (bicyclic) bond motifs is 1. The van der Waals surface area contributed by atoms with Gasteiger partial charge in [0.15, 0.2) is 11.4 Å². The highest BCUT2D eigenvalue weighted by Crippen LogP contribution is 2.34. The first kappa shape index (κ1) is 20.1. The number of benzene rings is 2. The molecule has 0 saturated heterocycles. The Morgan fingerprint density at radius 2 is 1.86 bits per heavy atom. The summed E-state index contributed by atoms with van der Waals surface area (Å²) < 4.78 is 8.89. The van der Waals surface area contributed by atoms with Gasteiger partial charge in [0.2, 0.25) is 0 Å². The first-order valence-corrected chi connectivity index (χ1v) is 10.6. The van der Waals surface area contributed by atoms with Gasteiger partial charge < -0.3 is 10.1 Å². The zero-order chi connectivity index (χ0) is 20.4. The number of imidazole rings is 1. The van der Waals surface area contributed by atoms with E-state index in [2.05, 4.69) is 38.4 Å². The van der Waals surface area contributed by atoms with E-state index in [1.54, 1.807) is 0 Å². The minimum atomic E-state index is 0.238. The smallest absolute Gasteiger partial charge is 0.180 e. The predicted molar refractivity (Wildman–Crippen MR) is 122 cm³/mol. The maximum absolute atomic E-state index is 6.64. The molecule has 0 bridgehead atoms. The molecule has 0 aliphatic carbocycles. The number of nitrogens with one attached hydrogen (secondary N) is 1. The summed E-state index contributed by atoms with van der Waals surface area (Å²) in [6, 6.07) is 17.6. The Morgan fingerprint density at radius 3 is 2.66 bits per heavy atom. The standard InChI is InChI=1S/C22H18BrCl2N3O/c1-14-21(23)28-11-5-8-19(22(28)27-14)29-13-16-17(24)9-10-18(20(16)25)26-12-15-6-3-2-4-7-15/h2-11,26H,12-13H2,1H3. The molecule has 1 N–H and O–H groups in total. The Kier molecular flexibility index (Phi) is 5.99. The van der Waals surface area contributed by atoms with Crippen LogP contribution in [0.4, 0.5) is 5.69 Å². The van der Waals surface area contributed by atoms with Gasteiger partial charge in [0.1, 0.15) is 11.2 Å². The molecule has 0 radical (unpaired) electrons. The number of hydrogen-bond donors (Lipinski definition) is 1. The van der Waals surface area contributed by atoms with Crippen LogP contribution >= 0.6 is 39.1 Å². The molecule has 4 nitrogen and oxygen atoms in total. The summed E-state index contributed by atoms with van der Waals surface area (Å²) in [4.78, 5) is 4.56. The number of pyridine rings is 1. The summed E-state index contributed by atoms with van der Waals surface area (Å²) in [5.41, 5.74) is 4.35. The summed E-state index contributed by atoms with van der Waals surface area (Å²) >= 11 is 16.6. The van der Waals surface area contributed by atoms with E-state index in [9.17, 15) is 0 Å². The van der Waals surface area contributed by atoms with Crippen LogP contribution in [0.15, 0.2) is 65.4 Å². The van der Waals surface area contributed by atoms with Gasteiger partial charge in [-0.2, -0.15) is 0 Å². The molecule has 0 spiro atoms. The van der Waals surface area contributed by atoms with Crippen LogP contribution in [0.25, 0.3) is 5.65 Å². The van der Waals surface area contributed by atoms with Crippen LogP contribution in [0.2, 0.25) is 10.0 Å². The molecule has 0 aliphatic heterocycles. The Labute approximate surface area is 187 Å². The van der Waals surface area contributed by atoms with Crippen molar-refractivity contribution in [1.82, 2.24) is 9.38 Å². The summed E-state index contributed by atoms with van der Waals surface area (Å²) in [7, 11) is 0. The number of aryl methyl sites for hydroxylation is 1. The van der Waals surface area contributed by atoms with Gasteiger partial charge in [0.05, 0.1) is 16.4 Å². The second kappa shape index (κ2) is 8.66. The number of aromatic nitrogens is 2. The van der Waals surface area contributed by atoms with Crippen molar-refractivity contribution in [2.45, 2.75) is 20.1 Å². The van der Waals surface area contributed by atoms with E-state index in [0.717, 1.165) is 27.2 Å². The number of nitrogens with zero attached hydrogens (tertiary/aromatic N) is 2. The molecular weight excluding hydrogens is 473 g/mol. The summed E-state index contributed by atoms with van der Waals surface area (Å²) in [6.45, 7) is 2.85. The largest absolute Gasteiger partial charge is 0.485 e. The number of hydrogen-bond acceptors (Lipinski definition) is 3. The van der Waals surface area contributed by atoms with E-state index in [0.29, 0.717) is 22.3 Å². The number of rotatable bonds is 6. The molecule has 0 atom stereocenters. The van der Waals surface area contributed by atoms with Crippen molar-refractivity contribution in [3.63, 3.8) is 0 Å². The third-order valence-corrected chi connectivity index (χ3v) is 6.34. The fourth-order valence-corrected chi connectivity index (χ4v) is 3.97. The van der Waals surface area contributed by atoms with Crippen molar-refractivity contribution in [3.8, 4) is 5.75 Å². The molecule has 0 fully saturated rings. The van der Waals surface area contributed by atoms with E-state index >= 15 is 0 Å². The Bertz CT molecular complexity index is 1160. The average Bonchev–Trinajstić information content (AvgIpc) is 3.03. The molecule has 2 aromatic heterocycles. The van der Waals surface area contributed by atoms with E-state index in [-0.39, 0.29) is 6.61 Å². The first-order valence-electron chi connectivity index (χ1n) is 9.05. The molecule has 0 saturated carbocycles. The van der Waals surface area contributed by atoms with Crippen LogP contribution in [0.3, 0.4) is 0 Å². The Morgan fingerprint density at radius 1 is 1.07 bits per heavy atom. The third kappa shape index (κ3) is 4.22. The van der Waals surface area contributed by atoms with Gasteiger partial charge in [-0.1, -0.05) is 53.5 Å². The van der Waals surface area contributed by atoms with Gasteiger partial charge in [-0.05, 0) is 52.7 Å². The molecule has 0 amide bonds. The van der Waals surface area contributed by atoms with Gasteiger partial charge in [-0.15, -0.1) is 0 Å². The van der Waals surface area contributed by atoms with Crippen LogP contribution in [0, 0.1) is 6.92 Å². The lowest BCUT2D eigenvalue weighted by Gasteiger charge is -2.15. The van der Waals surface area contributed by atoms with Gasteiger partial charge in [0, 0.05) is 23.3 Å². The normalized spacial score (nSPS) is 11.0. The van der Waals surface area contributed by atoms with E-state index < -0.39 is 0 Å². The lowest BCUT2D eigenvalue weighted by atomic mass is 10.2. The van der Waals surface area contributed by atoms with Gasteiger partial charge in [-0.3, -0.25) is 4.40 Å². The third-order valence-electron chi connectivity index (χ3n) is 4.60. The molecule has 2 aromatic carbocycles. The topological polar surface area (TPSA) is 38.6 Å². The predicted octanol–water partition coefficient (Wildman–Crippen LogP) is 6.90. The molecule has 4 rings (SSSR count). The fraction of sp³-hybridized carbons (Fsp3) is 0.136. The fourth-order valence-electron chi connectivity index (χ4n) is 3.05. The van der Waals surface area contributed by atoms with E-state index in [4.69, 9.17) is 27.9 Å². The maximum atomic E-state index is 6.64. The van der Waals surface area contributed by atoms with Gasteiger partial charge in [-0.25, -0.2) is 4.98 Å². The molecule has 7 heteroatoms. The van der Waals surface area contributed by atoms with Crippen molar-refractivity contribution in [3.05, 3.63) is 92.3 Å². The molecule has 148 valence electrons. The Balaban J connectivity index is 1.55. The minimum absolute atomic E-state index is 0.238. The minimum Gasteiger partial charge on any atom is -0.485 e. The van der Waals surface area contributed by atoms with Crippen LogP contribution < -0.4 is 10.1 Å². The summed E-state index contributed by atoms with van der Waals surface area (Å²) in [6.07, 6.45) is 1.93. The molecule has 2 heterocycles. The number of ether oxygens (including phenoxy) is 1. The lowest BCUT2D eigenvalue weighted by Crippen LogP contribution is -2.04. The second-order valence-corrected chi connectivity index (χ2v) is 8.11. The molecular formula is C22H18BrCl2N3O. The quantitative estimate of drug-likeness (QED) is 0.319. The van der Waals surface area contributed by atoms with Crippen LogP contribution in [-0.4, -0.2) is 9.38 Å². The highest BCUT2D eigenvalue weighted by molar-refractivity contribution is 9.10. The number of anilines is 1. The van der Waals surface area contributed by atoms with Crippen molar-refractivity contribution in [2.75, 3.05) is 5.32 Å². The summed E-state index contributed by atoms with van der Waals surface area (Å²) in [5.74, 6) is 0.663. The highest BCUT2D eigenvalue weighted by atomic mass is 79.9. The van der Waals surface area contributed by atoms with E-state index in [1.807, 2.05) is 60.0 Å². The maximum Gasteiger partial charge on any atom is 0.180 e. The van der Waals surface area contributed by atoms with Crippen LogP contribution in [0.5, 0.6) is 5.75 Å². The average molecular weight is 491 g/mol. The van der Waals surface area contributed by atoms with Crippen LogP contribution in [-0.2, 0) is 13.2 Å². The highest BCUT2D eigenvalue weighted by Gasteiger charge is 2.14. The van der Waals surface area contributed by atoms with Gasteiger partial charge in [0.25, 0.3) is 0 Å². The summed E-state index contributed by atoms with van der Waals surface area (Å²) in [5, 5.41) is 4.49. The Hall–Kier alpha value is -2.21. The zero-order valence-corrected chi connectivity index (χ0v) is 18.7.